The third-order valence-electron chi connectivity index (χ3n) is 4.70. The van der Waals surface area contributed by atoms with Crippen molar-refractivity contribution < 1.29 is 9.53 Å². The van der Waals surface area contributed by atoms with Crippen molar-refractivity contribution in [2.24, 2.45) is 4.99 Å². The van der Waals surface area contributed by atoms with E-state index in [2.05, 4.69) is 35.0 Å². The predicted molar refractivity (Wildman–Crippen MR) is 103 cm³/mol. The van der Waals surface area contributed by atoms with Crippen molar-refractivity contribution in [3.8, 4) is 0 Å². The first-order valence-corrected chi connectivity index (χ1v) is 9.26. The number of carbonyl (C=O) groups is 1. The summed E-state index contributed by atoms with van der Waals surface area (Å²) in [7, 11) is 0. The third-order valence-corrected chi connectivity index (χ3v) is 4.70. The molecule has 2 heterocycles. The minimum atomic E-state index is -0.261. The van der Waals surface area contributed by atoms with E-state index >= 15 is 0 Å². The molecule has 2 aliphatic heterocycles. The first-order valence-electron chi connectivity index (χ1n) is 9.26. The van der Waals surface area contributed by atoms with E-state index in [9.17, 15) is 4.79 Å². The summed E-state index contributed by atoms with van der Waals surface area (Å²) in [5, 5.41) is 0. The minimum absolute atomic E-state index is 0.261. The van der Waals surface area contributed by atoms with E-state index in [0.717, 1.165) is 50.2 Å². The number of rotatable bonds is 7. The molecule has 0 radical (unpaired) electrons. The second-order valence-corrected chi connectivity index (χ2v) is 6.44. The molecule has 1 aromatic carbocycles. The topological polar surface area (TPSA) is 45.1 Å². The zero-order valence-corrected chi connectivity index (χ0v) is 15.2. The van der Waals surface area contributed by atoms with E-state index in [1.54, 1.807) is 4.90 Å². The Morgan fingerprint density at radius 3 is 2.96 bits per heavy atom. The molecule has 2 aliphatic rings. The second kappa shape index (κ2) is 8.19. The van der Waals surface area contributed by atoms with Crippen LogP contribution in [0.3, 0.4) is 0 Å². The fourth-order valence-electron chi connectivity index (χ4n) is 3.28. The highest BCUT2D eigenvalue weighted by atomic mass is 16.6. The van der Waals surface area contributed by atoms with Gasteiger partial charge in [-0.1, -0.05) is 25.5 Å². The van der Waals surface area contributed by atoms with Crippen LogP contribution in [0.25, 0.3) is 0 Å². The van der Waals surface area contributed by atoms with Crippen molar-refractivity contribution in [1.29, 1.82) is 0 Å². The Balaban J connectivity index is 1.74. The molecule has 134 valence electrons. The summed E-state index contributed by atoms with van der Waals surface area (Å²) in [5.74, 6) is 0. The number of benzene rings is 1. The molecule has 3 rings (SSSR count). The van der Waals surface area contributed by atoms with E-state index in [1.165, 1.54) is 11.3 Å². The first kappa shape index (κ1) is 17.5. The lowest BCUT2D eigenvalue weighted by Crippen LogP contribution is -2.31. The second-order valence-electron chi connectivity index (χ2n) is 6.44. The molecule has 0 unspecified atom stereocenters. The Kier molecular flexibility index (Phi) is 5.74. The molecule has 25 heavy (non-hydrogen) atoms. The lowest BCUT2D eigenvalue weighted by Gasteiger charge is -2.24. The fourth-order valence-corrected chi connectivity index (χ4v) is 3.28. The Bertz CT molecular complexity index is 682. The normalized spacial score (nSPS) is 15.3. The Morgan fingerprint density at radius 2 is 2.24 bits per heavy atom. The van der Waals surface area contributed by atoms with Crippen LogP contribution >= 0.6 is 0 Å². The van der Waals surface area contributed by atoms with Gasteiger partial charge in [0.15, 0.2) is 0 Å². The number of carbonyl (C=O) groups excluding carboxylic acids is 1. The maximum atomic E-state index is 12.4. The molecule has 5 nitrogen and oxygen atoms in total. The van der Waals surface area contributed by atoms with Gasteiger partial charge in [-0.15, -0.1) is 0 Å². The van der Waals surface area contributed by atoms with Gasteiger partial charge in [-0.25, -0.2) is 4.79 Å². The molecule has 0 fully saturated rings. The molecule has 0 atom stereocenters. The van der Waals surface area contributed by atoms with Crippen LogP contribution in [-0.2, 0) is 11.2 Å². The maximum absolute atomic E-state index is 12.4. The number of fused-ring (bicyclic) bond motifs is 1. The van der Waals surface area contributed by atoms with Gasteiger partial charge >= 0.3 is 6.09 Å². The van der Waals surface area contributed by atoms with E-state index in [1.807, 2.05) is 19.2 Å². The largest absolute Gasteiger partial charge is 0.449 e. The summed E-state index contributed by atoms with van der Waals surface area (Å²) in [4.78, 5) is 20.9. The Labute approximate surface area is 150 Å². The quantitative estimate of drug-likeness (QED) is 0.699. The van der Waals surface area contributed by atoms with Gasteiger partial charge in [0.1, 0.15) is 0 Å². The number of hydrogen-bond donors (Lipinski definition) is 0. The fraction of sp³-hybridized carbons (Fsp3) is 0.500. The van der Waals surface area contributed by atoms with Gasteiger partial charge in [0, 0.05) is 37.1 Å². The standard InChI is InChI=1S/C20H27N3O2/c1-3-5-13-25-20(24)23(4-2)18-9-8-16-10-12-22(19(16)14-18)15-17-7-6-11-21-17/h7-9,11,14H,3-6,10,12-13,15H2,1-2H3. The minimum Gasteiger partial charge on any atom is -0.449 e. The van der Waals surface area contributed by atoms with Gasteiger partial charge in [-0.2, -0.15) is 0 Å². The summed E-state index contributed by atoms with van der Waals surface area (Å²) < 4.78 is 5.39. The van der Waals surface area contributed by atoms with Crippen molar-refractivity contribution in [2.75, 3.05) is 36.0 Å². The molecule has 0 aromatic heterocycles. The van der Waals surface area contributed by atoms with E-state index < -0.39 is 0 Å². The molecular formula is C20H27N3O2. The molecular weight excluding hydrogens is 314 g/mol. The van der Waals surface area contributed by atoms with Gasteiger partial charge in [0.05, 0.1) is 18.8 Å². The molecule has 0 saturated heterocycles. The SMILES string of the molecule is CCCCOC(=O)N(CC)c1ccc2c(c1)N(CC1=CCC=N1)CC2. The van der Waals surface area contributed by atoms with Crippen LogP contribution in [0.1, 0.15) is 38.7 Å². The summed E-state index contributed by atoms with van der Waals surface area (Å²) in [6, 6.07) is 6.28. The highest BCUT2D eigenvalue weighted by Crippen LogP contribution is 2.33. The molecule has 0 bridgehead atoms. The van der Waals surface area contributed by atoms with Gasteiger partial charge < -0.3 is 9.64 Å². The maximum Gasteiger partial charge on any atom is 0.414 e. The van der Waals surface area contributed by atoms with Crippen molar-refractivity contribution >= 4 is 23.7 Å². The number of aliphatic imine (C=N–C) groups is 1. The van der Waals surface area contributed by atoms with Crippen molar-refractivity contribution in [2.45, 2.75) is 39.5 Å². The summed E-state index contributed by atoms with van der Waals surface area (Å²) in [5.41, 5.74) is 4.57. The van der Waals surface area contributed by atoms with Crippen LogP contribution in [-0.4, -0.2) is 38.5 Å². The van der Waals surface area contributed by atoms with Crippen LogP contribution in [0.15, 0.2) is 35.0 Å². The number of unbranched alkanes of at least 4 members (excludes halogenated alkanes) is 1. The predicted octanol–water partition coefficient (Wildman–Crippen LogP) is 4.17. The third kappa shape index (κ3) is 4.03. The molecule has 0 N–H and O–H groups in total. The van der Waals surface area contributed by atoms with Gasteiger partial charge in [0.2, 0.25) is 0 Å². The molecule has 1 amide bonds. The summed E-state index contributed by atoms with van der Waals surface area (Å²) >= 11 is 0. The lowest BCUT2D eigenvalue weighted by atomic mass is 10.1. The number of anilines is 2. The Morgan fingerprint density at radius 1 is 1.36 bits per heavy atom. The van der Waals surface area contributed by atoms with E-state index in [4.69, 9.17) is 4.74 Å². The van der Waals surface area contributed by atoms with E-state index in [-0.39, 0.29) is 6.09 Å². The monoisotopic (exact) mass is 341 g/mol. The van der Waals surface area contributed by atoms with Crippen molar-refractivity contribution in [3.63, 3.8) is 0 Å². The van der Waals surface area contributed by atoms with Crippen LogP contribution in [0.5, 0.6) is 0 Å². The number of allylic oxidation sites excluding steroid dienone is 1. The van der Waals surface area contributed by atoms with Crippen LogP contribution < -0.4 is 9.80 Å². The zero-order chi connectivity index (χ0) is 17.6. The molecule has 1 aromatic rings. The summed E-state index contributed by atoms with van der Waals surface area (Å²) in [6.07, 6.45) is 7.76. The van der Waals surface area contributed by atoms with Crippen LogP contribution in [0.2, 0.25) is 0 Å². The highest BCUT2D eigenvalue weighted by Gasteiger charge is 2.23. The Hall–Kier alpha value is -2.30. The zero-order valence-electron chi connectivity index (χ0n) is 15.2. The first-order chi connectivity index (χ1) is 12.2. The van der Waals surface area contributed by atoms with Gasteiger partial charge in [-0.3, -0.25) is 9.89 Å². The number of amides is 1. The van der Waals surface area contributed by atoms with Crippen LogP contribution in [0, 0.1) is 0 Å². The number of hydrogen-bond acceptors (Lipinski definition) is 4. The summed E-state index contributed by atoms with van der Waals surface area (Å²) in [6.45, 7) is 6.97. The molecule has 0 spiro atoms. The molecule has 5 heteroatoms. The number of nitrogens with zero attached hydrogens (tertiary/aromatic N) is 3. The molecule has 0 saturated carbocycles. The smallest absolute Gasteiger partial charge is 0.414 e. The highest BCUT2D eigenvalue weighted by molar-refractivity contribution is 5.88. The average Bonchev–Trinajstić information content (AvgIpc) is 3.26. The van der Waals surface area contributed by atoms with Crippen molar-refractivity contribution in [1.82, 2.24) is 0 Å². The molecule has 0 aliphatic carbocycles. The van der Waals surface area contributed by atoms with Crippen LogP contribution in [0.4, 0.5) is 16.2 Å². The lowest BCUT2D eigenvalue weighted by molar-refractivity contribution is 0.152. The van der Waals surface area contributed by atoms with Gasteiger partial charge in [0.25, 0.3) is 0 Å². The average molecular weight is 341 g/mol. The van der Waals surface area contributed by atoms with E-state index in [0.29, 0.717) is 13.2 Å². The van der Waals surface area contributed by atoms with Gasteiger partial charge in [-0.05, 0) is 37.5 Å². The number of ether oxygens (including phenoxy) is 1. The van der Waals surface area contributed by atoms with Crippen molar-refractivity contribution in [3.05, 3.63) is 35.5 Å².